The van der Waals surface area contributed by atoms with E-state index in [9.17, 15) is 80.5 Å². The number of esters is 2. The number of hydrogen-bond acceptors (Lipinski definition) is 33. The van der Waals surface area contributed by atoms with Gasteiger partial charge in [-0.2, -0.15) is 38.5 Å². The molecule has 16 aromatic heterocycles. The normalized spacial score (nSPS) is 11.1. The number of aromatic nitrogens is 20. The van der Waals surface area contributed by atoms with Gasteiger partial charge in [0.15, 0.2) is 69.1 Å². The first-order chi connectivity index (χ1) is 67.3. The van der Waals surface area contributed by atoms with Crippen LogP contribution in [0.5, 0.6) is 0 Å². The topological polar surface area (TPSA) is 550 Å². The first-order valence-corrected chi connectivity index (χ1v) is 42.6. The van der Waals surface area contributed by atoms with Crippen molar-refractivity contribution in [3.05, 3.63) is 288 Å². The van der Waals surface area contributed by atoms with Gasteiger partial charge in [-0.1, -0.05) is 11.6 Å². The lowest BCUT2D eigenvalue weighted by molar-refractivity contribution is 0.0518. The molecule has 0 atom stereocenters. The van der Waals surface area contributed by atoms with Gasteiger partial charge in [0.05, 0.1) is 43.7 Å². The van der Waals surface area contributed by atoms with E-state index in [1.807, 2.05) is 0 Å². The second kappa shape index (κ2) is 43.3. The summed E-state index contributed by atoms with van der Waals surface area (Å²) in [5, 5.41) is 46.8. The summed E-state index contributed by atoms with van der Waals surface area (Å²) in [6.45, 7) is 19.3. The molecule has 0 aromatic carbocycles. The lowest BCUT2D eigenvalue weighted by atomic mass is 10.2. The van der Waals surface area contributed by atoms with Gasteiger partial charge in [0, 0.05) is 102 Å². The van der Waals surface area contributed by atoms with Crippen LogP contribution in [0.1, 0.15) is 118 Å². The SMILES string of the molecule is CCOC(=O)c1cnn2c(N(C)C(=O)OC(C)(C)C)cc(Cl)nc12.CCOC(=O)c1cnn2c(N(C)C(=O)OC(C)(C)C)cc(Nc3cccn(-c4ncccc4F)c3=O)nc12.CN(C(=O)OC(C)(C)C)c1cc(Nc2cccn(-c3ncccc3F)c2=O)nc2c(C(=O)O)cnn12.CNc1cc(Nc2cccn(-c3ncccc3F)c2=O)nc2c(C(=O)O)cnn12.Nc1cccn(-c2ncccc2F)c1=O. The minimum absolute atomic E-state index is 0.00154. The number of fused-ring (bicyclic) bond motifs is 4. The molecule has 0 fully saturated rings. The number of carbonyl (C=O) groups excluding carboxylic acids is 5. The molecule has 0 unspecified atom stereocenters. The highest BCUT2D eigenvalue weighted by Crippen LogP contribution is 2.31. The predicted molar refractivity (Wildman–Crippen MR) is 510 cm³/mol. The molecule has 3 amide bonds. The highest BCUT2D eigenvalue weighted by molar-refractivity contribution is 6.30. The summed E-state index contributed by atoms with van der Waals surface area (Å²) in [5.74, 6) is -5.38. The largest absolute Gasteiger partial charge is 0.477 e. The molecule has 0 saturated heterocycles. The first-order valence-electron chi connectivity index (χ1n) is 42.3. The molecule has 46 nitrogen and oxygen atoms in total. The molecule has 0 saturated carbocycles. The fourth-order valence-electron chi connectivity index (χ4n) is 12.7. The molecule has 0 radical (unpaired) electrons. The third-order valence-electron chi connectivity index (χ3n) is 19.0. The third-order valence-corrected chi connectivity index (χ3v) is 19.2. The fourth-order valence-corrected chi connectivity index (χ4v) is 12.9. The Labute approximate surface area is 804 Å². The number of nitrogens with one attached hydrogen (secondary N) is 4. The molecular formula is C91H89ClF4N28O18. The monoisotopic (exact) mass is 1970 g/mol. The molecule has 736 valence electrons. The number of nitrogens with two attached hydrogens (primary N) is 1. The number of carbonyl (C=O) groups is 7. The van der Waals surface area contributed by atoms with Crippen LogP contribution in [-0.4, -0.2) is 207 Å². The highest BCUT2D eigenvalue weighted by Gasteiger charge is 2.31. The van der Waals surface area contributed by atoms with Crippen LogP contribution in [0, 0.1) is 23.3 Å². The number of amides is 3. The molecule has 16 rings (SSSR count). The average Bonchev–Trinajstić information content (AvgIpc) is 1.59. The van der Waals surface area contributed by atoms with Gasteiger partial charge in [0.1, 0.15) is 102 Å². The standard InChI is InChI=1S/C25H26FN7O5.C23H22FN7O5.C18H14FN7O3.C15H19ClN4O4.C10H8FN3O/c1-6-37-23(35)15-14-28-33-19(31(5)24(36)38-25(2,3)4)13-18(30-20(15)33)29-17-10-8-12-32(22(17)34)21-16(26)9-7-11-27-21;1-23(2,3)36-22(35)29(4)17-11-16(28-18-13(21(33)34)12-26-31(17)18)27-15-8-6-10-30(20(15)32)19-14(24)7-5-9-25-19;1-20-14-8-13(24-15-10(18(28)29)9-22-26(14)15)23-12-5-3-7-25(17(12)27)16-11(19)4-2-6-21-16;1-6-23-13(21)9-8-17-20-11(7-10(16)18-12(9)20)19(5)14(22)24-15(2,3)4;11-7-3-1-5-13-9(7)14-6-2-4-8(12)10(14)15/h7-14H,6H2,1-5H3,(H,29,30);5-12H,1-4H3,(H,27,28)(H,33,34);2-9,20H,1H3,(H,23,24)(H,28,29);7-8H,6H2,1-5H3;1-6H,12H2. The van der Waals surface area contributed by atoms with Crippen molar-refractivity contribution in [1.29, 1.82) is 0 Å². The lowest BCUT2D eigenvalue weighted by Gasteiger charge is -2.25. The van der Waals surface area contributed by atoms with Crippen molar-refractivity contribution >= 4 is 140 Å². The van der Waals surface area contributed by atoms with E-state index >= 15 is 0 Å². The van der Waals surface area contributed by atoms with Gasteiger partial charge in [-0.15, -0.1) is 0 Å². The van der Waals surface area contributed by atoms with Crippen LogP contribution in [0.2, 0.25) is 5.15 Å². The van der Waals surface area contributed by atoms with Gasteiger partial charge >= 0.3 is 42.2 Å². The summed E-state index contributed by atoms with van der Waals surface area (Å²) in [5.41, 5.74) is 1.35. The van der Waals surface area contributed by atoms with Gasteiger partial charge < -0.3 is 60.9 Å². The van der Waals surface area contributed by atoms with Crippen LogP contribution in [0.25, 0.3) is 45.9 Å². The number of ether oxygens (including phenoxy) is 5. The second-order valence-electron chi connectivity index (χ2n) is 32.6. The zero-order chi connectivity index (χ0) is 103. The van der Waals surface area contributed by atoms with Gasteiger partial charge in [0.25, 0.3) is 22.2 Å². The van der Waals surface area contributed by atoms with Crippen LogP contribution in [0.3, 0.4) is 0 Å². The molecule has 8 N–H and O–H groups in total. The van der Waals surface area contributed by atoms with Crippen LogP contribution < -0.4 is 63.9 Å². The van der Waals surface area contributed by atoms with E-state index in [-0.39, 0.29) is 138 Å². The second-order valence-corrected chi connectivity index (χ2v) is 33.0. The molecule has 0 aliphatic heterocycles. The van der Waals surface area contributed by atoms with Gasteiger partial charge in [-0.3, -0.25) is 52.1 Å². The Bertz CT molecular complexity index is 7780. The van der Waals surface area contributed by atoms with Crippen molar-refractivity contribution in [1.82, 2.24) is 96.6 Å². The van der Waals surface area contributed by atoms with Crippen molar-refractivity contribution < 1.29 is 85.0 Å². The highest BCUT2D eigenvalue weighted by atomic mass is 35.5. The van der Waals surface area contributed by atoms with E-state index in [0.717, 1.165) is 29.4 Å². The third kappa shape index (κ3) is 23.8. The Morgan fingerprint density at radius 3 is 1.01 bits per heavy atom. The van der Waals surface area contributed by atoms with Crippen molar-refractivity contribution in [3.8, 4) is 23.3 Å². The molecule has 0 spiro atoms. The summed E-state index contributed by atoms with van der Waals surface area (Å²) >= 11 is 6.03. The van der Waals surface area contributed by atoms with Crippen molar-refractivity contribution in [3.63, 3.8) is 0 Å². The van der Waals surface area contributed by atoms with Crippen LogP contribution >= 0.6 is 11.6 Å². The van der Waals surface area contributed by atoms with Crippen molar-refractivity contribution in [2.75, 3.05) is 83.1 Å². The molecule has 0 bridgehead atoms. The number of hydrogen-bond donors (Lipinski definition) is 7. The Morgan fingerprint density at radius 2 is 0.697 bits per heavy atom. The number of nitrogen functional groups attached to an aromatic ring is 1. The van der Waals surface area contributed by atoms with E-state index in [0.29, 0.717) is 11.6 Å². The molecule has 16 aromatic rings. The van der Waals surface area contributed by atoms with Crippen LogP contribution in [-0.2, 0) is 23.7 Å². The number of halogens is 5. The van der Waals surface area contributed by atoms with Crippen molar-refractivity contribution in [2.24, 2.45) is 0 Å². The zero-order valence-corrected chi connectivity index (χ0v) is 78.8. The molecule has 142 heavy (non-hydrogen) atoms. The number of aromatic carboxylic acids is 2. The number of anilines is 11. The number of nitrogens with zero attached hydrogens (tertiary/aromatic N) is 23. The fraction of sp³-hybridized carbons (Fsp3) is 0.220. The Balaban J connectivity index is 0.000000163. The van der Waals surface area contributed by atoms with Crippen molar-refractivity contribution in [2.45, 2.75) is 93.0 Å². The maximum atomic E-state index is 14.3. The molecule has 0 aliphatic carbocycles. The number of carboxylic acids is 2. The molecule has 0 aliphatic rings. The Hall–Kier alpha value is -18.4. The average molecular weight is 1970 g/mol. The number of pyridine rings is 8. The Kier molecular flexibility index (Phi) is 31.3. The van der Waals surface area contributed by atoms with Crippen LogP contribution in [0.15, 0.2) is 215 Å². The maximum Gasteiger partial charge on any atom is 0.415 e. The minimum atomic E-state index is -1.28. The molecule has 16 heterocycles. The van der Waals surface area contributed by atoms with E-state index in [2.05, 4.69) is 81.5 Å². The first kappa shape index (κ1) is 103. The smallest absolute Gasteiger partial charge is 0.415 e. The van der Waals surface area contributed by atoms with E-state index in [1.165, 1.54) is 220 Å². The van der Waals surface area contributed by atoms with E-state index in [4.69, 9.17) is 41.0 Å². The maximum absolute atomic E-state index is 14.3. The minimum Gasteiger partial charge on any atom is -0.477 e. The summed E-state index contributed by atoms with van der Waals surface area (Å²) in [6, 6.07) is 28.4. The number of carboxylic acid groups (broad SMARTS) is 2. The predicted octanol–water partition coefficient (Wildman–Crippen LogP) is 12.7. The molecular weight excluding hydrogens is 1880 g/mol. The molecule has 51 heteroatoms. The quantitative estimate of drug-likeness (QED) is 0.0161. The number of rotatable bonds is 20. The summed E-state index contributed by atoms with van der Waals surface area (Å²) in [7, 11) is 6.05. The summed E-state index contributed by atoms with van der Waals surface area (Å²) in [4.78, 5) is 172. The zero-order valence-electron chi connectivity index (χ0n) is 78.1. The van der Waals surface area contributed by atoms with Gasteiger partial charge in [-0.25, -0.2) is 91.0 Å². The van der Waals surface area contributed by atoms with Gasteiger partial charge in [0.2, 0.25) is 0 Å². The summed E-state index contributed by atoms with van der Waals surface area (Å²) in [6.07, 6.45) is 14.0. The van der Waals surface area contributed by atoms with E-state index in [1.54, 1.807) is 101 Å². The van der Waals surface area contributed by atoms with Crippen LogP contribution in [0.4, 0.5) is 95.4 Å². The Morgan fingerprint density at radius 1 is 0.408 bits per heavy atom. The lowest BCUT2D eigenvalue weighted by Crippen LogP contribution is -2.35. The summed E-state index contributed by atoms with van der Waals surface area (Å²) < 4.78 is 91.5. The van der Waals surface area contributed by atoms with Gasteiger partial charge in [-0.05, 0) is 173 Å². The van der Waals surface area contributed by atoms with E-state index < -0.39 is 104 Å².